The van der Waals surface area contributed by atoms with Crippen LogP contribution in [-0.4, -0.2) is 11.0 Å². The minimum atomic E-state index is 0.0206. The number of halogens is 1. The van der Waals surface area contributed by atoms with Crippen molar-refractivity contribution in [3.63, 3.8) is 0 Å². The van der Waals surface area contributed by atoms with Gasteiger partial charge in [-0.05, 0) is 43.2 Å². The van der Waals surface area contributed by atoms with Gasteiger partial charge in [-0.3, -0.25) is 0 Å². The van der Waals surface area contributed by atoms with Gasteiger partial charge in [0.2, 0.25) is 0 Å². The lowest BCUT2D eigenvalue weighted by Crippen LogP contribution is -2.15. The van der Waals surface area contributed by atoms with E-state index in [1.807, 2.05) is 19.9 Å². The largest absolute Gasteiger partial charge is 0.488 e. The Morgan fingerprint density at radius 3 is 2.71 bits per heavy atom. The summed E-state index contributed by atoms with van der Waals surface area (Å²) < 4.78 is 6.68. The molecule has 0 heterocycles. The Kier molecular flexibility index (Phi) is 4.85. The van der Waals surface area contributed by atoms with Gasteiger partial charge in [0.05, 0.1) is 5.56 Å². The third-order valence-corrected chi connectivity index (χ3v) is 3.71. The van der Waals surface area contributed by atoms with E-state index in [-0.39, 0.29) is 5.84 Å². The van der Waals surface area contributed by atoms with E-state index in [0.717, 1.165) is 10.0 Å². The number of aryl methyl sites for hydroxylation is 2. The van der Waals surface area contributed by atoms with Crippen molar-refractivity contribution in [3.8, 4) is 5.75 Å². The molecule has 2 rings (SSSR count). The van der Waals surface area contributed by atoms with E-state index >= 15 is 0 Å². The van der Waals surface area contributed by atoms with Crippen LogP contribution in [0.2, 0.25) is 0 Å². The zero-order valence-electron chi connectivity index (χ0n) is 11.9. The average Bonchev–Trinajstić information content (AvgIpc) is 2.48. The molecule has 3 N–H and O–H groups in total. The Hall–Kier alpha value is -2.01. The van der Waals surface area contributed by atoms with Crippen LogP contribution in [0.15, 0.2) is 46.0 Å². The fourth-order valence-corrected chi connectivity index (χ4v) is 2.35. The number of rotatable bonds is 4. The summed E-state index contributed by atoms with van der Waals surface area (Å²) in [5, 5.41) is 11.9. The molecule has 0 fully saturated rings. The Balaban J connectivity index is 2.26. The maximum absolute atomic E-state index is 8.86. The van der Waals surface area contributed by atoms with Crippen LogP contribution in [0.4, 0.5) is 0 Å². The maximum atomic E-state index is 8.86. The van der Waals surface area contributed by atoms with Crippen molar-refractivity contribution in [1.82, 2.24) is 0 Å². The summed E-state index contributed by atoms with van der Waals surface area (Å²) in [4.78, 5) is 0. The average molecular weight is 349 g/mol. The maximum Gasteiger partial charge on any atom is 0.173 e. The Morgan fingerprint density at radius 1 is 1.24 bits per heavy atom. The Bertz CT molecular complexity index is 684. The Labute approximate surface area is 132 Å². The number of nitrogens with zero attached hydrogens (tertiary/aromatic N) is 1. The summed E-state index contributed by atoms with van der Waals surface area (Å²) in [5.74, 6) is 0.599. The quantitative estimate of drug-likeness (QED) is 0.382. The predicted molar refractivity (Wildman–Crippen MR) is 86.9 cm³/mol. The number of oxime groups is 1. The molecule has 5 heteroatoms. The second-order valence-electron chi connectivity index (χ2n) is 4.84. The molecule has 0 saturated carbocycles. The van der Waals surface area contributed by atoms with E-state index < -0.39 is 0 Å². The molecule has 0 bridgehead atoms. The van der Waals surface area contributed by atoms with Crippen LogP contribution in [0.25, 0.3) is 0 Å². The summed E-state index contributed by atoms with van der Waals surface area (Å²) in [5.41, 5.74) is 9.71. The highest BCUT2D eigenvalue weighted by Crippen LogP contribution is 2.24. The molecule has 2 aromatic carbocycles. The van der Waals surface area contributed by atoms with Crippen molar-refractivity contribution in [2.24, 2.45) is 10.9 Å². The van der Waals surface area contributed by atoms with Crippen molar-refractivity contribution in [3.05, 3.63) is 63.1 Å². The minimum Gasteiger partial charge on any atom is -0.488 e. The SMILES string of the molecule is Cc1ccc(C)c(COc2ccc(Br)cc2/C(N)=N/O)c1. The molecule has 0 spiro atoms. The third kappa shape index (κ3) is 3.76. The summed E-state index contributed by atoms with van der Waals surface area (Å²) in [6, 6.07) is 11.6. The second-order valence-corrected chi connectivity index (χ2v) is 5.76. The molecule has 2 aromatic rings. The van der Waals surface area contributed by atoms with Gasteiger partial charge < -0.3 is 15.7 Å². The summed E-state index contributed by atoms with van der Waals surface area (Å²) in [6.45, 7) is 4.52. The zero-order chi connectivity index (χ0) is 15.4. The highest BCUT2D eigenvalue weighted by atomic mass is 79.9. The molecule has 0 aromatic heterocycles. The van der Waals surface area contributed by atoms with Crippen molar-refractivity contribution >= 4 is 21.8 Å². The molecular weight excluding hydrogens is 332 g/mol. The monoisotopic (exact) mass is 348 g/mol. The summed E-state index contributed by atoms with van der Waals surface area (Å²) in [7, 11) is 0. The van der Waals surface area contributed by atoms with Gasteiger partial charge in [-0.25, -0.2) is 0 Å². The van der Waals surface area contributed by atoms with Crippen LogP contribution >= 0.6 is 15.9 Å². The minimum absolute atomic E-state index is 0.0206. The molecule has 0 aliphatic heterocycles. The van der Waals surface area contributed by atoms with Gasteiger partial charge in [-0.15, -0.1) is 0 Å². The van der Waals surface area contributed by atoms with E-state index in [1.54, 1.807) is 12.1 Å². The molecule has 110 valence electrons. The first kappa shape index (κ1) is 15.4. The van der Waals surface area contributed by atoms with Crippen molar-refractivity contribution in [2.75, 3.05) is 0 Å². The lowest BCUT2D eigenvalue weighted by atomic mass is 10.1. The van der Waals surface area contributed by atoms with Gasteiger partial charge >= 0.3 is 0 Å². The van der Waals surface area contributed by atoms with Gasteiger partial charge in [-0.1, -0.05) is 44.8 Å². The molecule has 4 nitrogen and oxygen atoms in total. The van der Waals surface area contributed by atoms with Gasteiger partial charge in [0.25, 0.3) is 0 Å². The van der Waals surface area contributed by atoms with Gasteiger partial charge in [0, 0.05) is 4.47 Å². The first-order valence-corrected chi connectivity index (χ1v) is 7.27. The number of amidine groups is 1. The number of hydrogen-bond donors (Lipinski definition) is 2. The van der Waals surface area contributed by atoms with Crippen molar-refractivity contribution < 1.29 is 9.94 Å². The van der Waals surface area contributed by atoms with Crippen LogP contribution in [-0.2, 0) is 6.61 Å². The lowest BCUT2D eigenvalue weighted by Gasteiger charge is -2.13. The molecule has 0 unspecified atom stereocenters. The Morgan fingerprint density at radius 2 is 2.00 bits per heavy atom. The summed E-state index contributed by atoms with van der Waals surface area (Å²) in [6.07, 6.45) is 0. The normalized spacial score (nSPS) is 11.5. The van der Waals surface area contributed by atoms with E-state index in [4.69, 9.17) is 15.7 Å². The number of nitrogens with two attached hydrogens (primary N) is 1. The highest BCUT2D eigenvalue weighted by molar-refractivity contribution is 9.10. The smallest absolute Gasteiger partial charge is 0.173 e. The highest BCUT2D eigenvalue weighted by Gasteiger charge is 2.10. The number of ether oxygens (including phenoxy) is 1. The van der Waals surface area contributed by atoms with Crippen LogP contribution < -0.4 is 10.5 Å². The third-order valence-electron chi connectivity index (χ3n) is 3.21. The topological polar surface area (TPSA) is 67.8 Å². The molecule has 0 amide bonds. The predicted octanol–water partition coefficient (Wildman–Crippen LogP) is 3.74. The fourth-order valence-electron chi connectivity index (χ4n) is 1.99. The summed E-state index contributed by atoms with van der Waals surface area (Å²) >= 11 is 3.36. The molecular formula is C16H17BrN2O2. The molecule has 0 aliphatic rings. The second kappa shape index (κ2) is 6.63. The van der Waals surface area contributed by atoms with Crippen LogP contribution in [0.1, 0.15) is 22.3 Å². The van der Waals surface area contributed by atoms with E-state index in [9.17, 15) is 0 Å². The van der Waals surface area contributed by atoms with Gasteiger partial charge in [-0.2, -0.15) is 0 Å². The first-order chi connectivity index (χ1) is 10.0. The van der Waals surface area contributed by atoms with Crippen molar-refractivity contribution in [1.29, 1.82) is 0 Å². The van der Waals surface area contributed by atoms with Gasteiger partial charge in [0.1, 0.15) is 12.4 Å². The molecule has 0 atom stereocenters. The molecule has 21 heavy (non-hydrogen) atoms. The van der Waals surface area contributed by atoms with E-state index in [1.165, 1.54) is 11.1 Å². The molecule has 0 saturated heterocycles. The van der Waals surface area contributed by atoms with Crippen molar-refractivity contribution in [2.45, 2.75) is 20.5 Å². The standard InChI is InChI=1S/C16H17BrN2O2/c1-10-3-4-11(2)12(7-10)9-21-15-6-5-13(17)8-14(15)16(18)19-20/h3-8,20H,9H2,1-2H3,(H2,18,19). The van der Waals surface area contributed by atoms with Gasteiger partial charge in [0.15, 0.2) is 5.84 Å². The molecule has 0 radical (unpaired) electrons. The van der Waals surface area contributed by atoms with Crippen LogP contribution in [0.3, 0.4) is 0 Å². The van der Waals surface area contributed by atoms with E-state index in [2.05, 4.69) is 39.3 Å². The molecule has 0 aliphatic carbocycles. The lowest BCUT2D eigenvalue weighted by molar-refractivity contribution is 0.302. The van der Waals surface area contributed by atoms with Crippen LogP contribution in [0, 0.1) is 13.8 Å². The van der Waals surface area contributed by atoms with Crippen LogP contribution in [0.5, 0.6) is 5.75 Å². The number of benzene rings is 2. The number of hydrogen-bond acceptors (Lipinski definition) is 3. The first-order valence-electron chi connectivity index (χ1n) is 6.47. The zero-order valence-corrected chi connectivity index (χ0v) is 13.5. The fraction of sp³-hybridized carbons (Fsp3) is 0.188. The van der Waals surface area contributed by atoms with E-state index in [0.29, 0.717) is 17.9 Å².